The Labute approximate surface area is 142 Å². The molecule has 128 valence electrons. The standard InChI is InChI=1S/C18H22N2O4/c1-4-16(18(22)24-6-3)20-12-8-7-9-15(20)11-10-14(13-19)17(21)23-5-2/h7-12,16H,4-6H2,1-3H3/b14-10+,15-11+. The van der Waals surface area contributed by atoms with Crippen molar-refractivity contribution in [3.8, 4) is 6.07 Å². The summed E-state index contributed by atoms with van der Waals surface area (Å²) in [5.74, 6) is -0.989. The summed E-state index contributed by atoms with van der Waals surface area (Å²) in [7, 11) is 0. The molecule has 0 aromatic heterocycles. The Morgan fingerprint density at radius 1 is 1.25 bits per heavy atom. The molecule has 0 saturated heterocycles. The number of carbonyl (C=O) groups is 2. The summed E-state index contributed by atoms with van der Waals surface area (Å²) in [4.78, 5) is 25.5. The number of nitriles is 1. The maximum absolute atomic E-state index is 12.1. The van der Waals surface area contributed by atoms with Crippen molar-refractivity contribution < 1.29 is 19.1 Å². The van der Waals surface area contributed by atoms with Crippen molar-refractivity contribution in [2.75, 3.05) is 13.2 Å². The Morgan fingerprint density at radius 3 is 2.54 bits per heavy atom. The summed E-state index contributed by atoms with van der Waals surface area (Å²) in [5.41, 5.74) is 0.575. The first kappa shape index (κ1) is 19.2. The van der Waals surface area contributed by atoms with E-state index in [0.717, 1.165) is 0 Å². The highest BCUT2D eigenvalue weighted by Gasteiger charge is 2.25. The van der Waals surface area contributed by atoms with Crippen LogP contribution in [0.3, 0.4) is 0 Å². The van der Waals surface area contributed by atoms with E-state index in [1.54, 1.807) is 43.2 Å². The minimum Gasteiger partial charge on any atom is -0.464 e. The second-order valence-corrected chi connectivity index (χ2v) is 4.79. The fraction of sp³-hybridized carbons (Fsp3) is 0.389. The molecule has 1 atom stereocenters. The van der Waals surface area contributed by atoms with Crippen molar-refractivity contribution >= 4 is 11.9 Å². The smallest absolute Gasteiger partial charge is 0.348 e. The zero-order valence-corrected chi connectivity index (χ0v) is 14.2. The molecule has 0 aromatic rings. The van der Waals surface area contributed by atoms with Gasteiger partial charge in [0.2, 0.25) is 0 Å². The number of hydrogen-bond acceptors (Lipinski definition) is 6. The molecule has 1 unspecified atom stereocenters. The lowest BCUT2D eigenvalue weighted by Gasteiger charge is -2.30. The van der Waals surface area contributed by atoms with Crippen LogP contribution >= 0.6 is 0 Å². The van der Waals surface area contributed by atoms with Crippen LogP contribution in [0.5, 0.6) is 0 Å². The first-order valence-electron chi connectivity index (χ1n) is 7.88. The van der Waals surface area contributed by atoms with Crippen molar-refractivity contribution in [1.82, 2.24) is 4.90 Å². The SMILES string of the molecule is CCOC(=O)/C(C#N)=C/C=C1\C=CC=CN1C(CC)C(=O)OCC. The van der Waals surface area contributed by atoms with Gasteiger partial charge in [0, 0.05) is 11.9 Å². The molecule has 6 heteroatoms. The van der Waals surface area contributed by atoms with Crippen molar-refractivity contribution in [2.24, 2.45) is 0 Å². The Kier molecular flexibility index (Phi) is 8.06. The molecular formula is C18H22N2O4. The molecule has 0 fully saturated rings. The Bertz CT molecular complexity index is 623. The molecule has 0 radical (unpaired) electrons. The lowest BCUT2D eigenvalue weighted by molar-refractivity contribution is -0.148. The maximum Gasteiger partial charge on any atom is 0.348 e. The van der Waals surface area contributed by atoms with Gasteiger partial charge in [-0.15, -0.1) is 0 Å². The summed E-state index contributed by atoms with van der Waals surface area (Å²) in [6.45, 7) is 5.83. The number of hydrogen-bond donors (Lipinski definition) is 0. The fourth-order valence-corrected chi connectivity index (χ4v) is 2.14. The third kappa shape index (κ3) is 5.13. The normalized spacial score (nSPS) is 16.7. The second kappa shape index (κ2) is 10.1. The number of esters is 2. The van der Waals surface area contributed by atoms with Crippen LogP contribution in [-0.2, 0) is 19.1 Å². The average molecular weight is 330 g/mol. The van der Waals surface area contributed by atoms with Crippen LogP contribution in [0.25, 0.3) is 0 Å². The van der Waals surface area contributed by atoms with Crippen LogP contribution in [0, 0.1) is 11.3 Å². The molecular weight excluding hydrogens is 308 g/mol. The van der Waals surface area contributed by atoms with Crippen LogP contribution in [-0.4, -0.2) is 36.1 Å². The summed E-state index contributed by atoms with van der Waals surface area (Å²) in [6.07, 6.45) is 10.7. The highest BCUT2D eigenvalue weighted by atomic mass is 16.5. The Hall–Kier alpha value is -2.81. The van der Waals surface area contributed by atoms with Gasteiger partial charge in [-0.05, 0) is 44.6 Å². The highest BCUT2D eigenvalue weighted by molar-refractivity contribution is 5.93. The van der Waals surface area contributed by atoms with Crippen LogP contribution in [0.2, 0.25) is 0 Å². The van der Waals surface area contributed by atoms with Gasteiger partial charge in [0.05, 0.1) is 13.2 Å². The van der Waals surface area contributed by atoms with Crippen molar-refractivity contribution in [1.29, 1.82) is 5.26 Å². The second-order valence-electron chi connectivity index (χ2n) is 4.79. The molecule has 24 heavy (non-hydrogen) atoms. The fourth-order valence-electron chi connectivity index (χ4n) is 2.14. The van der Waals surface area contributed by atoms with E-state index in [-0.39, 0.29) is 18.1 Å². The van der Waals surface area contributed by atoms with Crippen LogP contribution in [0.1, 0.15) is 27.2 Å². The molecule has 0 aliphatic carbocycles. The van der Waals surface area contributed by atoms with Gasteiger partial charge in [-0.2, -0.15) is 5.26 Å². The van der Waals surface area contributed by atoms with Crippen molar-refractivity contribution in [2.45, 2.75) is 33.2 Å². The Morgan fingerprint density at radius 2 is 1.96 bits per heavy atom. The van der Waals surface area contributed by atoms with Crippen molar-refractivity contribution in [3.63, 3.8) is 0 Å². The number of allylic oxidation sites excluding steroid dienone is 5. The third-order valence-electron chi connectivity index (χ3n) is 3.24. The number of nitrogens with zero attached hydrogens (tertiary/aromatic N) is 2. The van der Waals surface area contributed by atoms with E-state index in [2.05, 4.69) is 0 Å². The summed E-state index contributed by atoms with van der Waals surface area (Å²) < 4.78 is 9.93. The molecule has 1 rings (SSSR count). The van der Waals surface area contributed by atoms with E-state index >= 15 is 0 Å². The largest absolute Gasteiger partial charge is 0.464 e. The first-order valence-corrected chi connectivity index (χ1v) is 7.88. The van der Waals surface area contributed by atoms with E-state index < -0.39 is 12.0 Å². The van der Waals surface area contributed by atoms with Gasteiger partial charge in [-0.1, -0.05) is 13.0 Å². The minimum absolute atomic E-state index is 0.101. The predicted molar refractivity (Wildman–Crippen MR) is 89.2 cm³/mol. The van der Waals surface area contributed by atoms with Gasteiger partial charge < -0.3 is 14.4 Å². The molecule has 0 N–H and O–H groups in total. The van der Waals surface area contributed by atoms with E-state index in [4.69, 9.17) is 14.7 Å². The monoisotopic (exact) mass is 330 g/mol. The van der Waals surface area contributed by atoms with Crippen LogP contribution in [0.4, 0.5) is 0 Å². The molecule has 0 spiro atoms. The van der Waals surface area contributed by atoms with Crippen molar-refractivity contribution in [3.05, 3.63) is 47.9 Å². The van der Waals surface area contributed by atoms with E-state index in [1.165, 1.54) is 6.08 Å². The van der Waals surface area contributed by atoms with E-state index in [9.17, 15) is 9.59 Å². The summed E-state index contributed by atoms with van der Waals surface area (Å²) in [6, 6.07) is 1.34. The first-order chi connectivity index (χ1) is 11.6. The third-order valence-corrected chi connectivity index (χ3v) is 3.24. The van der Waals surface area contributed by atoms with Gasteiger partial charge in [0.1, 0.15) is 17.7 Å². The minimum atomic E-state index is -0.670. The molecule has 6 nitrogen and oxygen atoms in total. The van der Waals surface area contributed by atoms with Gasteiger partial charge in [0.25, 0.3) is 0 Å². The average Bonchev–Trinajstić information content (AvgIpc) is 2.58. The zero-order chi connectivity index (χ0) is 17.9. The van der Waals surface area contributed by atoms with Crippen LogP contribution < -0.4 is 0 Å². The number of ether oxygens (including phenoxy) is 2. The highest BCUT2D eigenvalue weighted by Crippen LogP contribution is 2.20. The molecule has 0 bridgehead atoms. The molecule has 1 aliphatic rings. The van der Waals surface area contributed by atoms with Gasteiger partial charge >= 0.3 is 11.9 Å². The van der Waals surface area contributed by atoms with Gasteiger partial charge in [0.15, 0.2) is 0 Å². The number of carbonyl (C=O) groups excluding carboxylic acids is 2. The zero-order valence-electron chi connectivity index (χ0n) is 14.2. The Balaban J connectivity index is 3.08. The molecule has 1 aliphatic heterocycles. The van der Waals surface area contributed by atoms with Gasteiger partial charge in [-0.25, -0.2) is 9.59 Å². The predicted octanol–water partition coefficient (Wildman–Crippen LogP) is 2.61. The molecule has 0 aromatic carbocycles. The van der Waals surface area contributed by atoms with E-state index in [0.29, 0.717) is 18.7 Å². The van der Waals surface area contributed by atoms with Gasteiger partial charge in [-0.3, -0.25) is 0 Å². The van der Waals surface area contributed by atoms with Crippen LogP contribution in [0.15, 0.2) is 47.9 Å². The van der Waals surface area contributed by atoms with E-state index in [1.807, 2.05) is 19.1 Å². The maximum atomic E-state index is 12.1. The summed E-state index contributed by atoms with van der Waals surface area (Å²) in [5, 5.41) is 9.06. The quantitative estimate of drug-likeness (QED) is 0.405. The molecule has 0 amide bonds. The molecule has 1 heterocycles. The molecule has 0 saturated carbocycles. The summed E-state index contributed by atoms with van der Waals surface area (Å²) >= 11 is 0. The number of rotatable bonds is 7. The lowest BCUT2D eigenvalue weighted by atomic mass is 10.1. The lowest BCUT2D eigenvalue weighted by Crippen LogP contribution is -2.38. The topological polar surface area (TPSA) is 79.6 Å².